The highest BCUT2D eigenvalue weighted by Crippen LogP contribution is 2.14. The fraction of sp³-hybridized carbons (Fsp3) is 0.227. The largest absolute Gasteiger partial charge is 0.360 e. The van der Waals surface area contributed by atoms with Gasteiger partial charge in [-0.05, 0) is 49.6 Å². The molecule has 0 bridgehead atoms. The van der Waals surface area contributed by atoms with Crippen LogP contribution in [0.1, 0.15) is 42.6 Å². The van der Waals surface area contributed by atoms with Gasteiger partial charge in [-0.2, -0.15) is 5.26 Å². The molecular weight excluding hydrogens is 338 g/mol. The molecule has 2 rings (SSSR count). The van der Waals surface area contributed by atoms with Crippen LogP contribution in [-0.4, -0.2) is 11.7 Å². The lowest BCUT2D eigenvalue weighted by molar-refractivity contribution is -0.112. The summed E-state index contributed by atoms with van der Waals surface area (Å²) >= 11 is 0. The summed E-state index contributed by atoms with van der Waals surface area (Å²) in [5.74, 6) is -0.628. The smallest absolute Gasteiger partial charge is 0.267 e. The summed E-state index contributed by atoms with van der Waals surface area (Å²) in [6, 6.07) is 16.4. The number of hydrogen-bond acceptors (Lipinski definition) is 4. The molecule has 0 unspecified atom stereocenters. The van der Waals surface area contributed by atoms with E-state index >= 15 is 0 Å². The molecule has 0 aliphatic carbocycles. The van der Waals surface area contributed by atoms with Crippen LogP contribution in [-0.2, 0) is 11.2 Å². The van der Waals surface area contributed by atoms with Crippen molar-refractivity contribution in [2.75, 3.05) is 10.6 Å². The standard InChI is InChI=1S/C22H23N3O2/c1-3-4-6-17-9-11-20(12-10-17)24-15-19(14-23)22(27)25-21-8-5-7-18(13-21)16(2)26/h5,7-13,15,24H,3-4,6H2,1-2H3,(H,25,27)/b19-15-. The van der Waals surface area contributed by atoms with Gasteiger partial charge in [0.25, 0.3) is 5.91 Å². The monoisotopic (exact) mass is 361 g/mol. The molecule has 0 fully saturated rings. The molecule has 0 aliphatic heterocycles. The Kier molecular flexibility index (Phi) is 7.33. The molecule has 138 valence electrons. The summed E-state index contributed by atoms with van der Waals surface area (Å²) in [5, 5.41) is 14.9. The van der Waals surface area contributed by atoms with Crippen LogP contribution >= 0.6 is 0 Å². The number of nitriles is 1. The Hall–Kier alpha value is -3.39. The topological polar surface area (TPSA) is 82.0 Å². The molecule has 0 spiro atoms. The van der Waals surface area contributed by atoms with Crippen LogP contribution in [0.15, 0.2) is 60.3 Å². The van der Waals surface area contributed by atoms with E-state index in [9.17, 15) is 14.9 Å². The van der Waals surface area contributed by atoms with Crippen molar-refractivity contribution >= 4 is 23.1 Å². The minimum Gasteiger partial charge on any atom is -0.360 e. The van der Waals surface area contributed by atoms with E-state index in [0.29, 0.717) is 11.3 Å². The van der Waals surface area contributed by atoms with Gasteiger partial charge in [-0.1, -0.05) is 37.6 Å². The Morgan fingerprint density at radius 1 is 1.11 bits per heavy atom. The van der Waals surface area contributed by atoms with Crippen LogP contribution in [0, 0.1) is 11.3 Å². The van der Waals surface area contributed by atoms with Gasteiger partial charge in [0.2, 0.25) is 0 Å². The van der Waals surface area contributed by atoms with Gasteiger partial charge in [-0.3, -0.25) is 9.59 Å². The van der Waals surface area contributed by atoms with Crippen molar-refractivity contribution in [3.63, 3.8) is 0 Å². The molecule has 0 atom stereocenters. The highest BCUT2D eigenvalue weighted by molar-refractivity contribution is 6.07. The summed E-state index contributed by atoms with van der Waals surface area (Å²) in [7, 11) is 0. The normalized spacial score (nSPS) is 10.8. The van der Waals surface area contributed by atoms with Gasteiger partial charge < -0.3 is 10.6 Å². The lowest BCUT2D eigenvalue weighted by Crippen LogP contribution is -2.14. The molecule has 2 aromatic carbocycles. The lowest BCUT2D eigenvalue weighted by atomic mass is 10.1. The molecule has 2 N–H and O–H groups in total. The van der Waals surface area contributed by atoms with E-state index in [1.165, 1.54) is 18.7 Å². The first kappa shape index (κ1) is 19.9. The van der Waals surface area contributed by atoms with Crippen molar-refractivity contribution in [1.82, 2.24) is 0 Å². The zero-order valence-corrected chi connectivity index (χ0v) is 15.6. The number of Topliss-reactive ketones (excluding diaryl/α,β-unsaturated/α-hetero) is 1. The highest BCUT2D eigenvalue weighted by Gasteiger charge is 2.10. The molecular formula is C22H23N3O2. The van der Waals surface area contributed by atoms with Crippen LogP contribution in [0.2, 0.25) is 0 Å². The van der Waals surface area contributed by atoms with Crippen LogP contribution < -0.4 is 10.6 Å². The number of nitrogens with one attached hydrogen (secondary N) is 2. The zero-order chi connectivity index (χ0) is 19.6. The highest BCUT2D eigenvalue weighted by atomic mass is 16.1. The number of benzene rings is 2. The van der Waals surface area contributed by atoms with Gasteiger partial charge in [0.15, 0.2) is 5.78 Å². The fourth-order valence-electron chi connectivity index (χ4n) is 2.47. The summed E-state index contributed by atoms with van der Waals surface area (Å²) in [6.07, 6.45) is 4.72. The van der Waals surface area contributed by atoms with Crippen LogP contribution in [0.4, 0.5) is 11.4 Å². The fourth-order valence-corrected chi connectivity index (χ4v) is 2.47. The number of unbranched alkanes of at least 4 members (excludes halogenated alkanes) is 1. The molecule has 0 radical (unpaired) electrons. The Morgan fingerprint density at radius 2 is 1.85 bits per heavy atom. The van der Waals surface area contributed by atoms with E-state index in [0.717, 1.165) is 24.9 Å². The van der Waals surface area contributed by atoms with Crippen molar-refractivity contribution in [2.45, 2.75) is 33.1 Å². The second kappa shape index (κ2) is 9.93. The van der Waals surface area contributed by atoms with E-state index in [1.54, 1.807) is 24.3 Å². The third-order valence-electron chi connectivity index (χ3n) is 4.05. The van der Waals surface area contributed by atoms with E-state index < -0.39 is 5.91 Å². The van der Waals surface area contributed by atoms with Crippen molar-refractivity contribution in [2.24, 2.45) is 0 Å². The van der Waals surface area contributed by atoms with Gasteiger partial charge in [0, 0.05) is 23.1 Å². The molecule has 0 aromatic heterocycles. The number of carbonyl (C=O) groups excluding carboxylic acids is 2. The Bertz CT molecular complexity index is 877. The SMILES string of the molecule is CCCCc1ccc(N/C=C(/C#N)C(=O)Nc2cccc(C(C)=O)c2)cc1. The number of carbonyl (C=O) groups is 2. The van der Waals surface area contributed by atoms with Crippen molar-refractivity contribution in [3.8, 4) is 6.07 Å². The Balaban J connectivity index is 2.02. The Morgan fingerprint density at radius 3 is 2.48 bits per heavy atom. The Labute approximate surface area is 159 Å². The van der Waals surface area contributed by atoms with E-state index in [2.05, 4.69) is 17.6 Å². The van der Waals surface area contributed by atoms with Gasteiger partial charge in [0.05, 0.1) is 0 Å². The predicted molar refractivity (Wildman–Crippen MR) is 107 cm³/mol. The third-order valence-corrected chi connectivity index (χ3v) is 4.05. The summed E-state index contributed by atoms with van der Waals surface area (Å²) in [6.45, 7) is 3.62. The van der Waals surface area contributed by atoms with Gasteiger partial charge in [0.1, 0.15) is 11.6 Å². The van der Waals surface area contributed by atoms with Crippen LogP contribution in [0.5, 0.6) is 0 Å². The van der Waals surface area contributed by atoms with Gasteiger partial charge in [-0.25, -0.2) is 0 Å². The predicted octanol–water partition coefficient (Wildman–Crippen LogP) is 4.69. The molecule has 5 nitrogen and oxygen atoms in total. The maximum Gasteiger partial charge on any atom is 0.267 e. The minimum atomic E-state index is -0.537. The average molecular weight is 361 g/mol. The quantitative estimate of drug-likeness (QED) is 0.406. The van der Waals surface area contributed by atoms with Crippen LogP contribution in [0.3, 0.4) is 0 Å². The minimum absolute atomic E-state index is 0.0571. The second-order valence-electron chi connectivity index (χ2n) is 6.21. The van der Waals surface area contributed by atoms with Gasteiger partial charge in [-0.15, -0.1) is 0 Å². The summed E-state index contributed by atoms with van der Waals surface area (Å²) in [4.78, 5) is 23.7. The maximum absolute atomic E-state index is 12.3. The number of hydrogen-bond donors (Lipinski definition) is 2. The van der Waals surface area contributed by atoms with Gasteiger partial charge >= 0.3 is 0 Å². The van der Waals surface area contributed by atoms with E-state index in [-0.39, 0.29) is 11.4 Å². The molecule has 5 heteroatoms. The molecule has 0 saturated heterocycles. The number of rotatable bonds is 8. The number of anilines is 2. The molecule has 0 heterocycles. The summed E-state index contributed by atoms with van der Waals surface area (Å²) < 4.78 is 0. The third kappa shape index (κ3) is 6.12. The van der Waals surface area contributed by atoms with E-state index in [4.69, 9.17) is 0 Å². The van der Waals surface area contributed by atoms with E-state index in [1.807, 2.05) is 30.3 Å². The first-order valence-corrected chi connectivity index (χ1v) is 8.91. The lowest BCUT2D eigenvalue weighted by Gasteiger charge is -2.07. The first-order valence-electron chi connectivity index (χ1n) is 8.91. The molecule has 27 heavy (non-hydrogen) atoms. The zero-order valence-electron chi connectivity index (χ0n) is 15.6. The first-order chi connectivity index (χ1) is 13.0. The molecule has 0 saturated carbocycles. The molecule has 2 aromatic rings. The van der Waals surface area contributed by atoms with Crippen molar-refractivity contribution in [3.05, 3.63) is 71.4 Å². The maximum atomic E-state index is 12.3. The number of ketones is 1. The van der Waals surface area contributed by atoms with Crippen LogP contribution in [0.25, 0.3) is 0 Å². The van der Waals surface area contributed by atoms with Crippen molar-refractivity contribution in [1.29, 1.82) is 5.26 Å². The average Bonchev–Trinajstić information content (AvgIpc) is 2.68. The number of amides is 1. The second-order valence-corrected chi connectivity index (χ2v) is 6.21. The number of nitrogens with zero attached hydrogens (tertiary/aromatic N) is 1. The summed E-state index contributed by atoms with van der Waals surface area (Å²) in [5.41, 5.74) is 2.97. The molecule has 0 aliphatic rings. The van der Waals surface area contributed by atoms with Crippen molar-refractivity contribution < 1.29 is 9.59 Å². The molecule has 1 amide bonds. The number of aryl methyl sites for hydroxylation is 1.